The number of methoxy groups -OCH3 is 1. The summed E-state index contributed by atoms with van der Waals surface area (Å²) >= 11 is 0. The van der Waals surface area contributed by atoms with E-state index in [0.29, 0.717) is 30.6 Å². The summed E-state index contributed by atoms with van der Waals surface area (Å²) in [6, 6.07) is 0. The molecule has 0 amide bonds. The van der Waals surface area contributed by atoms with Crippen LogP contribution in [0.4, 0.5) is 0 Å². The van der Waals surface area contributed by atoms with Gasteiger partial charge in [0.15, 0.2) is 11.6 Å². The van der Waals surface area contributed by atoms with E-state index in [1.54, 1.807) is 0 Å². The van der Waals surface area contributed by atoms with Crippen molar-refractivity contribution in [2.75, 3.05) is 13.7 Å². The Morgan fingerprint density at radius 2 is 2.04 bits per heavy atom. The first-order chi connectivity index (χ1) is 12.7. The molecule has 4 aliphatic carbocycles. The highest BCUT2D eigenvalue weighted by atomic mass is 16.5. The number of ether oxygens (including phenoxy) is 1. The van der Waals surface area contributed by atoms with Crippen LogP contribution in [-0.4, -0.2) is 36.0 Å². The van der Waals surface area contributed by atoms with Gasteiger partial charge in [-0.25, -0.2) is 0 Å². The molecule has 2 fully saturated rings. The predicted octanol–water partition coefficient (Wildman–Crippen LogP) is 3.63. The second-order valence-electron chi connectivity index (χ2n) is 9.78. The van der Waals surface area contributed by atoms with Gasteiger partial charge < -0.3 is 9.84 Å². The SMILES string of the molecule is COCC(=O)[C@@]1(O)CCC2C3C[C@H](C)C4=CC(=O)CC[C@]4(C)C3=CC[C@@]21C. The van der Waals surface area contributed by atoms with E-state index >= 15 is 0 Å². The van der Waals surface area contributed by atoms with Crippen molar-refractivity contribution in [3.63, 3.8) is 0 Å². The second kappa shape index (κ2) is 6.12. The first-order valence-corrected chi connectivity index (χ1v) is 10.4. The van der Waals surface area contributed by atoms with Gasteiger partial charge in [-0.05, 0) is 55.9 Å². The topological polar surface area (TPSA) is 63.6 Å². The van der Waals surface area contributed by atoms with Crippen molar-refractivity contribution >= 4 is 11.6 Å². The molecule has 0 aromatic carbocycles. The molecule has 6 atom stereocenters. The summed E-state index contributed by atoms with van der Waals surface area (Å²) in [6.07, 6.45) is 8.87. The lowest BCUT2D eigenvalue weighted by Gasteiger charge is -2.56. The largest absolute Gasteiger partial charge is 0.381 e. The van der Waals surface area contributed by atoms with Crippen LogP contribution in [0, 0.1) is 28.6 Å². The molecule has 2 saturated carbocycles. The molecule has 0 aromatic rings. The average molecular weight is 373 g/mol. The van der Waals surface area contributed by atoms with E-state index in [2.05, 4.69) is 26.8 Å². The number of ketones is 2. The maximum atomic E-state index is 12.7. The van der Waals surface area contributed by atoms with Crippen LogP contribution in [0.5, 0.6) is 0 Å². The molecule has 0 bridgehead atoms. The molecule has 0 saturated heterocycles. The highest BCUT2D eigenvalue weighted by Crippen LogP contribution is 2.66. The zero-order valence-corrected chi connectivity index (χ0v) is 17.0. The molecular formula is C23H32O4. The van der Waals surface area contributed by atoms with Gasteiger partial charge >= 0.3 is 0 Å². The third kappa shape index (κ3) is 2.42. The van der Waals surface area contributed by atoms with Crippen LogP contribution in [0.25, 0.3) is 0 Å². The van der Waals surface area contributed by atoms with Crippen molar-refractivity contribution in [2.24, 2.45) is 28.6 Å². The fourth-order valence-corrected chi connectivity index (χ4v) is 6.99. The molecule has 0 aromatic heterocycles. The Morgan fingerprint density at radius 1 is 1.30 bits per heavy atom. The van der Waals surface area contributed by atoms with Crippen molar-refractivity contribution in [2.45, 2.75) is 64.9 Å². The van der Waals surface area contributed by atoms with Gasteiger partial charge in [0.2, 0.25) is 0 Å². The Balaban J connectivity index is 1.75. The molecule has 0 aliphatic heterocycles. The first-order valence-electron chi connectivity index (χ1n) is 10.4. The lowest BCUT2D eigenvalue weighted by Crippen LogP contribution is -2.56. The molecule has 148 valence electrons. The zero-order valence-electron chi connectivity index (χ0n) is 17.0. The molecule has 4 aliphatic rings. The van der Waals surface area contributed by atoms with Gasteiger partial charge in [-0.2, -0.15) is 0 Å². The molecule has 1 N–H and O–H groups in total. The lowest BCUT2D eigenvalue weighted by molar-refractivity contribution is -0.156. The van der Waals surface area contributed by atoms with Crippen LogP contribution < -0.4 is 0 Å². The Labute approximate surface area is 162 Å². The molecular weight excluding hydrogens is 340 g/mol. The number of carbonyl (C=O) groups is 2. The van der Waals surface area contributed by atoms with Gasteiger partial charge in [0.25, 0.3) is 0 Å². The molecule has 2 unspecified atom stereocenters. The second-order valence-corrected chi connectivity index (χ2v) is 9.78. The quantitative estimate of drug-likeness (QED) is 0.769. The van der Waals surface area contributed by atoms with E-state index < -0.39 is 11.0 Å². The van der Waals surface area contributed by atoms with Crippen LogP contribution in [0.3, 0.4) is 0 Å². The standard InChI is InChI=1S/C23H32O4/c1-14-11-16-17(21(2)8-5-15(24)12-19(14)21)6-9-22(3)18(16)7-10-23(22,26)20(25)13-27-4/h6,12,14,16,18,26H,5,7-11,13H2,1-4H3/t14-,16?,18?,21+,22-,23-/m0/s1. The Bertz CT molecular complexity index is 749. The summed E-state index contributed by atoms with van der Waals surface area (Å²) in [5, 5.41) is 11.4. The highest BCUT2D eigenvalue weighted by Gasteiger charge is 2.64. The molecule has 4 rings (SSSR count). The van der Waals surface area contributed by atoms with Gasteiger partial charge in [0.05, 0.1) is 0 Å². The van der Waals surface area contributed by atoms with Crippen molar-refractivity contribution < 1.29 is 19.4 Å². The number of Topliss-reactive ketones (excluding diaryl/α,β-unsaturated/α-hetero) is 1. The Morgan fingerprint density at radius 3 is 2.74 bits per heavy atom. The summed E-state index contributed by atoms with van der Waals surface area (Å²) in [5.74, 6) is 1.15. The first kappa shape index (κ1) is 19.1. The van der Waals surface area contributed by atoms with Crippen LogP contribution in [-0.2, 0) is 14.3 Å². The number of hydrogen-bond donors (Lipinski definition) is 1. The minimum absolute atomic E-state index is 0.0246. The van der Waals surface area contributed by atoms with Gasteiger partial charge in [-0.1, -0.05) is 38.0 Å². The summed E-state index contributed by atoms with van der Waals surface area (Å²) in [7, 11) is 1.51. The minimum Gasteiger partial charge on any atom is -0.381 e. The van der Waals surface area contributed by atoms with E-state index in [0.717, 1.165) is 25.7 Å². The Hall–Kier alpha value is -1.26. The van der Waals surface area contributed by atoms with Crippen molar-refractivity contribution in [3.05, 3.63) is 23.3 Å². The zero-order chi connectivity index (χ0) is 19.6. The number of aliphatic hydroxyl groups is 1. The normalized spacial score (nSPS) is 46.1. The highest BCUT2D eigenvalue weighted by molar-refractivity contribution is 5.92. The Kier molecular flexibility index (Phi) is 4.32. The monoisotopic (exact) mass is 372 g/mol. The lowest BCUT2D eigenvalue weighted by atomic mass is 9.49. The summed E-state index contributed by atoms with van der Waals surface area (Å²) in [5.41, 5.74) is 1.00. The summed E-state index contributed by atoms with van der Waals surface area (Å²) in [4.78, 5) is 24.8. The predicted molar refractivity (Wildman–Crippen MR) is 103 cm³/mol. The van der Waals surface area contributed by atoms with E-state index in [4.69, 9.17) is 4.74 Å². The summed E-state index contributed by atoms with van der Waals surface area (Å²) < 4.78 is 5.06. The van der Waals surface area contributed by atoms with Crippen molar-refractivity contribution in [1.29, 1.82) is 0 Å². The van der Waals surface area contributed by atoms with Gasteiger partial charge in [0.1, 0.15) is 12.2 Å². The van der Waals surface area contributed by atoms with Crippen LogP contribution in [0.2, 0.25) is 0 Å². The number of hydrogen-bond acceptors (Lipinski definition) is 4. The molecule has 4 heteroatoms. The number of fused-ring (bicyclic) bond motifs is 5. The molecule has 0 radical (unpaired) electrons. The van der Waals surface area contributed by atoms with Gasteiger partial charge in [-0.15, -0.1) is 0 Å². The molecule has 0 spiro atoms. The minimum atomic E-state index is -1.29. The maximum absolute atomic E-state index is 12.7. The number of carbonyl (C=O) groups excluding carboxylic acids is 2. The molecule has 4 nitrogen and oxygen atoms in total. The number of allylic oxidation sites excluding steroid dienone is 4. The molecule has 27 heavy (non-hydrogen) atoms. The maximum Gasteiger partial charge on any atom is 0.190 e. The van der Waals surface area contributed by atoms with Crippen molar-refractivity contribution in [3.8, 4) is 0 Å². The van der Waals surface area contributed by atoms with E-state index in [1.165, 1.54) is 18.3 Å². The third-order valence-electron chi connectivity index (χ3n) is 8.55. The van der Waals surface area contributed by atoms with Gasteiger partial charge in [0, 0.05) is 24.4 Å². The fourth-order valence-electron chi connectivity index (χ4n) is 6.99. The average Bonchev–Trinajstić information content (AvgIpc) is 2.90. The number of rotatable bonds is 3. The van der Waals surface area contributed by atoms with Gasteiger partial charge in [-0.3, -0.25) is 9.59 Å². The van der Waals surface area contributed by atoms with E-state index in [-0.39, 0.29) is 23.6 Å². The smallest absolute Gasteiger partial charge is 0.190 e. The van der Waals surface area contributed by atoms with Crippen LogP contribution in [0.15, 0.2) is 23.3 Å². The van der Waals surface area contributed by atoms with Crippen LogP contribution >= 0.6 is 0 Å². The molecule has 0 heterocycles. The van der Waals surface area contributed by atoms with Crippen molar-refractivity contribution in [1.82, 2.24) is 0 Å². The van der Waals surface area contributed by atoms with E-state index in [9.17, 15) is 14.7 Å². The van der Waals surface area contributed by atoms with Crippen LogP contribution in [0.1, 0.15) is 59.3 Å². The third-order valence-corrected chi connectivity index (χ3v) is 8.55. The summed E-state index contributed by atoms with van der Waals surface area (Å²) in [6.45, 7) is 6.62. The fraction of sp³-hybridized carbons (Fsp3) is 0.739. The van der Waals surface area contributed by atoms with E-state index in [1.807, 2.05) is 6.08 Å².